The molecule has 0 fully saturated rings. The van der Waals surface area contributed by atoms with Gasteiger partial charge in [0.05, 0.1) is 0 Å². The minimum absolute atomic E-state index is 0.178. The Labute approximate surface area is 140 Å². The zero-order chi connectivity index (χ0) is 14.8. The third kappa shape index (κ3) is 3.02. The average molecular weight is 357 g/mol. The summed E-state index contributed by atoms with van der Waals surface area (Å²) in [4.78, 5) is 0. The summed E-state index contributed by atoms with van der Waals surface area (Å²) < 4.78 is 1.10. The van der Waals surface area contributed by atoms with Gasteiger partial charge in [-0.25, -0.2) is 0 Å². The van der Waals surface area contributed by atoms with Crippen molar-refractivity contribution in [2.75, 3.05) is 0 Å². The highest BCUT2D eigenvalue weighted by atomic mass is 79.9. The van der Waals surface area contributed by atoms with E-state index in [1.165, 1.54) is 22.3 Å². The average Bonchev–Trinajstić information content (AvgIpc) is 2.50. The molecule has 2 atom stereocenters. The fourth-order valence-electron chi connectivity index (χ4n) is 2.82. The summed E-state index contributed by atoms with van der Waals surface area (Å²) in [5.41, 5.74) is 5.20. The van der Waals surface area contributed by atoms with Gasteiger partial charge in [0, 0.05) is 15.6 Å². The first-order valence-electron chi connectivity index (χ1n) is 7.05. The van der Waals surface area contributed by atoms with Gasteiger partial charge in [0.25, 0.3) is 0 Å². The second-order valence-corrected chi connectivity index (χ2v) is 6.81. The van der Waals surface area contributed by atoms with Gasteiger partial charge in [-0.2, -0.15) is 12.6 Å². The molecule has 21 heavy (non-hydrogen) atoms. The van der Waals surface area contributed by atoms with Crippen LogP contribution in [0.25, 0.3) is 5.57 Å². The van der Waals surface area contributed by atoms with Crippen molar-refractivity contribution >= 4 is 34.1 Å². The van der Waals surface area contributed by atoms with Crippen LogP contribution in [0.4, 0.5) is 0 Å². The number of rotatable bonds is 2. The molecule has 1 aliphatic carbocycles. The summed E-state index contributed by atoms with van der Waals surface area (Å²) in [6.45, 7) is 2.17. The zero-order valence-electron chi connectivity index (χ0n) is 11.8. The van der Waals surface area contributed by atoms with Gasteiger partial charge in [0.2, 0.25) is 0 Å². The lowest BCUT2D eigenvalue weighted by Gasteiger charge is -2.27. The Morgan fingerprint density at radius 1 is 1.00 bits per heavy atom. The van der Waals surface area contributed by atoms with E-state index in [-0.39, 0.29) is 5.25 Å². The van der Waals surface area contributed by atoms with Gasteiger partial charge >= 0.3 is 0 Å². The van der Waals surface area contributed by atoms with Crippen LogP contribution in [0.15, 0.2) is 71.2 Å². The van der Waals surface area contributed by atoms with Gasteiger partial charge < -0.3 is 0 Å². The molecule has 0 aromatic heterocycles. The van der Waals surface area contributed by atoms with Crippen molar-refractivity contribution in [3.8, 4) is 0 Å². The summed E-state index contributed by atoms with van der Waals surface area (Å²) in [5, 5.41) is 0.178. The molecule has 0 saturated carbocycles. The predicted molar refractivity (Wildman–Crippen MR) is 98.0 cm³/mol. The van der Waals surface area contributed by atoms with Crippen LogP contribution in [-0.2, 0) is 0 Å². The van der Waals surface area contributed by atoms with E-state index in [9.17, 15) is 0 Å². The molecule has 0 heterocycles. The van der Waals surface area contributed by atoms with Crippen LogP contribution in [-0.4, -0.2) is 5.25 Å². The Hall–Kier alpha value is -1.25. The summed E-state index contributed by atoms with van der Waals surface area (Å²) in [5.74, 6) is 0.318. The van der Waals surface area contributed by atoms with Crippen LogP contribution in [0.3, 0.4) is 0 Å². The number of thiol groups is 1. The van der Waals surface area contributed by atoms with Crippen LogP contribution < -0.4 is 0 Å². The molecular weight excluding hydrogens is 340 g/mol. The molecular formula is C19H17BrS. The predicted octanol–water partition coefficient (Wildman–Crippen LogP) is 5.79. The monoisotopic (exact) mass is 356 g/mol. The van der Waals surface area contributed by atoms with Crippen molar-refractivity contribution in [2.45, 2.75) is 18.1 Å². The Balaban J connectivity index is 1.96. The fourth-order valence-corrected chi connectivity index (χ4v) is 3.58. The minimum atomic E-state index is 0.178. The molecule has 0 amide bonds. The maximum atomic E-state index is 4.92. The van der Waals surface area contributed by atoms with Gasteiger partial charge in [0.15, 0.2) is 0 Å². The van der Waals surface area contributed by atoms with Crippen molar-refractivity contribution in [3.63, 3.8) is 0 Å². The first-order valence-corrected chi connectivity index (χ1v) is 8.35. The number of halogens is 1. The molecule has 0 aliphatic heterocycles. The second-order valence-electron chi connectivity index (χ2n) is 5.34. The van der Waals surface area contributed by atoms with Crippen molar-refractivity contribution in [1.82, 2.24) is 0 Å². The standard InChI is InChI=1S/C19H17BrS/c1-13-5-2-3-6-16(13)18-8-4-7-17(19(18)21)14-9-11-15(20)12-10-14/h2-12,18-19,21H,1H3. The molecule has 1 aliphatic rings. The van der Waals surface area contributed by atoms with E-state index in [0.717, 1.165) is 4.47 Å². The van der Waals surface area contributed by atoms with Gasteiger partial charge in [-0.1, -0.05) is 70.6 Å². The number of allylic oxidation sites excluding steroid dienone is 3. The topological polar surface area (TPSA) is 0 Å². The highest BCUT2D eigenvalue weighted by Gasteiger charge is 2.25. The Kier molecular flexibility index (Phi) is 4.37. The summed E-state index contributed by atoms with van der Waals surface area (Å²) >= 11 is 8.41. The number of hydrogen-bond acceptors (Lipinski definition) is 1. The van der Waals surface area contributed by atoms with E-state index in [2.05, 4.69) is 89.6 Å². The molecule has 0 N–H and O–H groups in total. The molecule has 0 spiro atoms. The third-order valence-corrected chi connectivity index (χ3v) is 5.11. The lowest BCUT2D eigenvalue weighted by Crippen LogP contribution is -2.16. The van der Waals surface area contributed by atoms with Crippen LogP contribution in [0.5, 0.6) is 0 Å². The van der Waals surface area contributed by atoms with Crippen LogP contribution in [0.1, 0.15) is 22.6 Å². The largest absolute Gasteiger partial charge is 0.170 e. The lowest BCUT2D eigenvalue weighted by molar-refractivity contribution is 0.878. The van der Waals surface area contributed by atoms with Crippen LogP contribution in [0.2, 0.25) is 0 Å². The summed E-state index contributed by atoms with van der Waals surface area (Å²) in [6.07, 6.45) is 6.58. The zero-order valence-corrected chi connectivity index (χ0v) is 14.3. The van der Waals surface area contributed by atoms with E-state index in [1.54, 1.807) is 0 Å². The van der Waals surface area contributed by atoms with Crippen molar-refractivity contribution in [1.29, 1.82) is 0 Å². The van der Waals surface area contributed by atoms with Gasteiger partial charge in [-0.05, 0) is 41.3 Å². The molecule has 0 nitrogen and oxygen atoms in total. The smallest absolute Gasteiger partial charge is 0.0376 e. The first-order chi connectivity index (χ1) is 10.2. The van der Waals surface area contributed by atoms with Crippen molar-refractivity contribution in [3.05, 3.63) is 87.9 Å². The van der Waals surface area contributed by atoms with E-state index in [4.69, 9.17) is 12.6 Å². The highest BCUT2D eigenvalue weighted by molar-refractivity contribution is 9.10. The summed E-state index contributed by atoms with van der Waals surface area (Å²) in [6, 6.07) is 17.0. The third-order valence-electron chi connectivity index (χ3n) is 3.98. The molecule has 0 bridgehead atoms. The van der Waals surface area contributed by atoms with E-state index < -0.39 is 0 Å². The van der Waals surface area contributed by atoms with Crippen LogP contribution >= 0.6 is 28.6 Å². The Bertz CT molecular complexity index is 698. The highest BCUT2D eigenvalue weighted by Crippen LogP contribution is 2.38. The molecule has 3 rings (SSSR count). The van der Waals surface area contributed by atoms with E-state index >= 15 is 0 Å². The first kappa shape index (κ1) is 14.7. The van der Waals surface area contributed by atoms with E-state index in [0.29, 0.717) is 5.92 Å². The SMILES string of the molecule is Cc1ccccc1C1C=CC=C(c2ccc(Br)cc2)C1S. The molecule has 0 saturated heterocycles. The Morgan fingerprint density at radius 3 is 2.43 bits per heavy atom. The summed E-state index contributed by atoms with van der Waals surface area (Å²) in [7, 11) is 0. The normalized spacial score (nSPS) is 21.2. The molecule has 2 aromatic rings. The molecule has 2 aromatic carbocycles. The fraction of sp³-hybridized carbons (Fsp3) is 0.158. The van der Waals surface area contributed by atoms with Gasteiger partial charge in [0.1, 0.15) is 0 Å². The second kappa shape index (κ2) is 6.25. The maximum Gasteiger partial charge on any atom is 0.0376 e. The van der Waals surface area contributed by atoms with Gasteiger partial charge in [-0.15, -0.1) is 0 Å². The maximum absolute atomic E-state index is 4.92. The van der Waals surface area contributed by atoms with E-state index in [1.807, 2.05) is 0 Å². The Morgan fingerprint density at radius 2 is 1.71 bits per heavy atom. The van der Waals surface area contributed by atoms with Crippen molar-refractivity contribution in [2.24, 2.45) is 0 Å². The molecule has 2 heteroatoms. The van der Waals surface area contributed by atoms with Crippen molar-refractivity contribution < 1.29 is 0 Å². The quantitative estimate of drug-likeness (QED) is 0.646. The number of benzene rings is 2. The molecule has 106 valence electrons. The minimum Gasteiger partial charge on any atom is -0.170 e. The van der Waals surface area contributed by atoms with Crippen LogP contribution in [0, 0.1) is 6.92 Å². The number of aryl methyl sites for hydroxylation is 1. The molecule has 2 unspecified atom stereocenters. The van der Waals surface area contributed by atoms with Gasteiger partial charge in [-0.3, -0.25) is 0 Å². The molecule has 0 radical (unpaired) electrons. The number of hydrogen-bond donors (Lipinski definition) is 1. The lowest BCUT2D eigenvalue weighted by atomic mass is 9.83.